The van der Waals surface area contributed by atoms with E-state index in [1.54, 1.807) is 12.5 Å². The zero-order valence-electron chi connectivity index (χ0n) is 9.81. The van der Waals surface area contributed by atoms with Crippen LogP contribution < -0.4 is 5.73 Å². The Morgan fingerprint density at radius 1 is 1.35 bits per heavy atom. The Labute approximate surface area is 100 Å². The molecule has 0 amide bonds. The van der Waals surface area contributed by atoms with Gasteiger partial charge in [-0.2, -0.15) is 0 Å². The average Bonchev–Trinajstić information content (AvgIpc) is 2.80. The van der Waals surface area contributed by atoms with Crippen molar-refractivity contribution in [2.75, 3.05) is 0 Å². The summed E-state index contributed by atoms with van der Waals surface area (Å²) in [6, 6.07) is 6.86. The topological polar surface area (TPSA) is 43.8 Å². The molecule has 2 N–H and O–H groups in total. The van der Waals surface area contributed by atoms with Gasteiger partial charge < -0.3 is 10.3 Å². The van der Waals surface area contributed by atoms with Crippen LogP contribution in [0.5, 0.6) is 0 Å². The first-order valence-electron chi connectivity index (χ1n) is 5.66. The Balaban J connectivity index is 2.11. The molecule has 1 aromatic heterocycles. The predicted molar refractivity (Wildman–Crippen MR) is 64.9 cm³/mol. The number of nitrogens with two attached hydrogens (primary N) is 1. The van der Waals surface area contributed by atoms with Gasteiger partial charge in [-0.25, -0.2) is 9.37 Å². The van der Waals surface area contributed by atoms with Crippen molar-refractivity contribution in [1.29, 1.82) is 0 Å². The quantitative estimate of drug-likeness (QED) is 0.880. The second-order valence-electron chi connectivity index (χ2n) is 4.18. The summed E-state index contributed by atoms with van der Waals surface area (Å²) in [5.41, 5.74) is 7.76. The Morgan fingerprint density at radius 3 is 2.71 bits per heavy atom. The molecule has 0 saturated heterocycles. The van der Waals surface area contributed by atoms with E-state index in [2.05, 4.69) is 16.5 Å². The molecule has 3 nitrogen and oxygen atoms in total. The van der Waals surface area contributed by atoms with E-state index in [4.69, 9.17) is 5.73 Å². The number of benzene rings is 1. The molecule has 0 fully saturated rings. The molecule has 0 aliphatic rings. The van der Waals surface area contributed by atoms with Gasteiger partial charge >= 0.3 is 0 Å². The van der Waals surface area contributed by atoms with Gasteiger partial charge in [0.1, 0.15) is 5.82 Å². The number of hydrogen-bond donors (Lipinski definition) is 1. The number of rotatable bonds is 4. The fourth-order valence-corrected chi connectivity index (χ4v) is 1.95. The number of halogens is 1. The minimum atomic E-state index is -0.202. The summed E-state index contributed by atoms with van der Waals surface area (Å²) >= 11 is 0. The van der Waals surface area contributed by atoms with Crippen molar-refractivity contribution in [1.82, 2.24) is 9.55 Å². The van der Waals surface area contributed by atoms with Gasteiger partial charge in [-0.3, -0.25) is 0 Å². The minimum absolute atomic E-state index is 0.202. The lowest BCUT2D eigenvalue weighted by atomic mass is 10.1. The second-order valence-corrected chi connectivity index (χ2v) is 4.18. The van der Waals surface area contributed by atoms with E-state index in [1.165, 1.54) is 12.1 Å². The Kier molecular flexibility index (Phi) is 3.54. The second kappa shape index (κ2) is 5.10. The van der Waals surface area contributed by atoms with Gasteiger partial charge in [0, 0.05) is 18.8 Å². The molecule has 0 aliphatic heterocycles. The zero-order valence-corrected chi connectivity index (χ0v) is 9.81. The molecule has 0 aliphatic carbocycles. The van der Waals surface area contributed by atoms with Crippen molar-refractivity contribution in [2.24, 2.45) is 5.73 Å². The molecule has 90 valence electrons. The van der Waals surface area contributed by atoms with Crippen LogP contribution in [0.3, 0.4) is 0 Å². The largest absolute Gasteiger partial charge is 0.330 e. The maximum Gasteiger partial charge on any atom is 0.123 e. The molecular formula is C13H16FN3. The fourth-order valence-electron chi connectivity index (χ4n) is 1.95. The van der Waals surface area contributed by atoms with E-state index in [1.807, 2.05) is 12.1 Å². The molecule has 2 rings (SSSR count). The Bertz CT molecular complexity index is 476. The van der Waals surface area contributed by atoms with Gasteiger partial charge in [0.25, 0.3) is 0 Å². The van der Waals surface area contributed by atoms with Crippen LogP contribution in [0, 0.1) is 5.82 Å². The van der Waals surface area contributed by atoms with Crippen molar-refractivity contribution in [3.63, 3.8) is 0 Å². The first kappa shape index (κ1) is 11.8. The average molecular weight is 233 g/mol. The molecule has 0 bridgehead atoms. The van der Waals surface area contributed by atoms with Gasteiger partial charge in [0.2, 0.25) is 0 Å². The highest BCUT2D eigenvalue weighted by molar-refractivity contribution is 5.17. The smallest absolute Gasteiger partial charge is 0.123 e. The first-order valence-corrected chi connectivity index (χ1v) is 5.66. The highest BCUT2D eigenvalue weighted by Gasteiger charge is 2.09. The van der Waals surface area contributed by atoms with Crippen LogP contribution in [0.15, 0.2) is 36.8 Å². The van der Waals surface area contributed by atoms with Gasteiger partial charge in [0.05, 0.1) is 12.0 Å². The van der Waals surface area contributed by atoms with E-state index in [0.717, 1.165) is 17.7 Å². The van der Waals surface area contributed by atoms with E-state index >= 15 is 0 Å². The maximum absolute atomic E-state index is 12.8. The van der Waals surface area contributed by atoms with E-state index < -0.39 is 0 Å². The molecule has 2 aromatic rings. The molecule has 17 heavy (non-hydrogen) atoms. The van der Waals surface area contributed by atoms with Crippen LogP contribution in [-0.4, -0.2) is 9.55 Å². The lowest BCUT2D eigenvalue weighted by Crippen LogP contribution is -2.12. The zero-order chi connectivity index (χ0) is 12.3. The summed E-state index contributed by atoms with van der Waals surface area (Å²) in [7, 11) is 0. The predicted octanol–water partition coefficient (Wildman–Crippen LogP) is 2.28. The lowest BCUT2D eigenvalue weighted by molar-refractivity contribution is 0.524. The highest BCUT2D eigenvalue weighted by atomic mass is 19.1. The van der Waals surface area contributed by atoms with Crippen molar-refractivity contribution in [3.8, 4) is 0 Å². The molecule has 1 atom stereocenters. The summed E-state index contributed by atoms with van der Waals surface area (Å²) in [6.45, 7) is 2.58. The summed E-state index contributed by atoms with van der Waals surface area (Å²) in [4.78, 5) is 4.09. The lowest BCUT2D eigenvalue weighted by Gasteiger charge is -2.16. The fraction of sp³-hybridized carbons (Fsp3) is 0.308. The summed E-state index contributed by atoms with van der Waals surface area (Å²) < 4.78 is 14.8. The van der Waals surface area contributed by atoms with Crippen LogP contribution >= 0.6 is 0 Å². The van der Waals surface area contributed by atoms with Gasteiger partial charge in [0.15, 0.2) is 0 Å². The number of hydrogen-bond acceptors (Lipinski definition) is 2. The van der Waals surface area contributed by atoms with Crippen molar-refractivity contribution >= 4 is 0 Å². The van der Waals surface area contributed by atoms with Crippen LogP contribution in [0.2, 0.25) is 0 Å². The minimum Gasteiger partial charge on any atom is -0.330 e. The van der Waals surface area contributed by atoms with Gasteiger partial charge in [-0.1, -0.05) is 12.1 Å². The Hall–Kier alpha value is -1.68. The van der Waals surface area contributed by atoms with Crippen molar-refractivity contribution in [3.05, 3.63) is 53.9 Å². The standard InChI is InChI=1S/C13H16FN3/c1-10(17-9-16-8-13(17)7-15)6-11-2-4-12(14)5-3-11/h2-5,8-10H,6-7,15H2,1H3. The molecular weight excluding hydrogens is 217 g/mol. The third-order valence-electron chi connectivity index (χ3n) is 2.87. The van der Waals surface area contributed by atoms with Crippen LogP contribution in [0.4, 0.5) is 4.39 Å². The van der Waals surface area contributed by atoms with Crippen molar-refractivity contribution in [2.45, 2.75) is 25.9 Å². The maximum atomic E-state index is 12.8. The summed E-state index contributed by atoms with van der Waals surface area (Å²) in [6.07, 6.45) is 4.40. The first-order chi connectivity index (χ1) is 8.20. The van der Waals surface area contributed by atoms with E-state index in [0.29, 0.717) is 6.54 Å². The normalized spacial score (nSPS) is 12.6. The summed E-state index contributed by atoms with van der Waals surface area (Å²) in [5, 5.41) is 0. The van der Waals surface area contributed by atoms with Gasteiger partial charge in [-0.05, 0) is 31.0 Å². The highest BCUT2D eigenvalue weighted by Crippen LogP contribution is 2.16. The SMILES string of the molecule is CC(Cc1ccc(F)cc1)n1cncc1CN. The van der Waals surface area contributed by atoms with E-state index in [9.17, 15) is 4.39 Å². The van der Waals surface area contributed by atoms with Crippen LogP contribution in [0.1, 0.15) is 24.2 Å². The molecule has 1 heterocycles. The van der Waals surface area contributed by atoms with Crippen LogP contribution in [0.25, 0.3) is 0 Å². The van der Waals surface area contributed by atoms with Gasteiger partial charge in [-0.15, -0.1) is 0 Å². The summed E-state index contributed by atoms with van der Waals surface area (Å²) in [5.74, 6) is -0.202. The Morgan fingerprint density at radius 2 is 2.06 bits per heavy atom. The molecule has 1 aromatic carbocycles. The third kappa shape index (κ3) is 2.71. The molecule has 0 saturated carbocycles. The monoisotopic (exact) mass is 233 g/mol. The molecule has 4 heteroatoms. The molecule has 1 unspecified atom stereocenters. The third-order valence-corrected chi connectivity index (χ3v) is 2.87. The van der Waals surface area contributed by atoms with Crippen molar-refractivity contribution < 1.29 is 4.39 Å². The van der Waals surface area contributed by atoms with Crippen LogP contribution in [-0.2, 0) is 13.0 Å². The number of imidazole rings is 1. The number of aromatic nitrogens is 2. The molecule has 0 radical (unpaired) electrons. The number of nitrogens with zero attached hydrogens (tertiary/aromatic N) is 2. The molecule has 0 spiro atoms. The van der Waals surface area contributed by atoms with E-state index in [-0.39, 0.29) is 11.9 Å².